The van der Waals surface area contributed by atoms with E-state index < -0.39 is 0 Å². The highest BCUT2D eigenvalue weighted by Crippen LogP contribution is 2.20. The van der Waals surface area contributed by atoms with Crippen molar-refractivity contribution in [1.82, 2.24) is 9.88 Å². The molecular weight excluding hydrogens is 210 g/mol. The van der Waals surface area contributed by atoms with E-state index in [1.54, 1.807) is 0 Å². The standard InChI is InChI=1S/C14H25N3/c1-14(2,7-8-15)12-17(3)10-6-13-5-4-9-16-11-13/h4-5,9,11H,6-8,10,12,15H2,1-3H3. The largest absolute Gasteiger partial charge is 0.330 e. The number of likely N-dealkylation sites (N-methyl/N-ethyl adjacent to an activating group) is 1. The first kappa shape index (κ1) is 14.1. The van der Waals surface area contributed by atoms with Gasteiger partial charge in [-0.05, 0) is 43.5 Å². The molecule has 0 saturated heterocycles. The zero-order chi connectivity index (χ0) is 12.7. The van der Waals surface area contributed by atoms with Crippen molar-refractivity contribution in [3.05, 3.63) is 30.1 Å². The maximum Gasteiger partial charge on any atom is 0.0300 e. The topological polar surface area (TPSA) is 42.2 Å². The molecule has 0 amide bonds. The van der Waals surface area contributed by atoms with Crippen molar-refractivity contribution in [2.75, 3.05) is 26.7 Å². The van der Waals surface area contributed by atoms with Gasteiger partial charge in [-0.25, -0.2) is 0 Å². The highest BCUT2D eigenvalue weighted by Gasteiger charge is 2.18. The zero-order valence-corrected chi connectivity index (χ0v) is 11.3. The van der Waals surface area contributed by atoms with Crippen molar-refractivity contribution < 1.29 is 0 Å². The number of rotatable bonds is 7. The molecule has 1 aromatic rings. The number of pyridine rings is 1. The molecule has 0 unspecified atom stereocenters. The Balaban J connectivity index is 2.33. The fraction of sp³-hybridized carbons (Fsp3) is 0.643. The van der Waals surface area contributed by atoms with Crippen LogP contribution in [-0.4, -0.2) is 36.6 Å². The molecule has 1 aromatic heterocycles. The summed E-state index contributed by atoms with van der Waals surface area (Å²) in [5.74, 6) is 0. The Bertz CT molecular complexity index is 309. The Hall–Kier alpha value is -0.930. The van der Waals surface area contributed by atoms with E-state index in [2.05, 4.69) is 36.8 Å². The molecule has 0 radical (unpaired) electrons. The van der Waals surface area contributed by atoms with Crippen molar-refractivity contribution in [1.29, 1.82) is 0 Å². The lowest BCUT2D eigenvalue weighted by atomic mass is 9.89. The Morgan fingerprint density at radius 2 is 2.18 bits per heavy atom. The number of nitrogens with two attached hydrogens (primary N) is 1. The normalized spacial score (nSPS) is 12.1. The first-order valence-corrected chi connectivity index (χ1v) is 6.31. The average Bonchev–Trinajstić information content (AvgIpc) is 2.27. The summed E-state index contributed by atoms with van der Waals surface area (Å²) in [7, 11) is 2.18. The third kappa shape index (κ3) is 5.80. The number of nitrogens with zero attached hydrogens (tertiary/aromatic N) is 2. The molecule has 0 saturated carbocycles. The first-order chi connectivity index (χ1) is 8.03. The van der Waals surface area contributed by atoms with Gasteiger partial charge in [0.15, 0.2) is 0 Å². The molecule has 17 heavy (non-hydrogen) atoms. The van der Waals surface area contributed by atoms with Gasteiger partial charge < -0.3 is 10.6 Å². The lowest BCUT2D eigenvalue weighted by molar-refractivity contribution is 0.202. The highest BCUT2D eigenvalue weighted by molar-refractivity contribution is 5.08. The molecule has 0 aromatic carbocycles. The van der Waals surface area contributed by atoms with Crippen molar-refractivity contribution in [3.8, 4) is 0 Å². The second kappa shape index (κ2) is 6.72. The van der Waals surface area contributed by atoms with Crippen LogP contribution in [0.25, 0.3) is 0 Å². The van der Waals surface area contributed by atoms with Gasteiger partial charge in [-0.3, -0.25) is 4.98 Å². The summed E-state index contributed by atoms with van der Waals surface area (Å²) < 4.78 is 0. The van der Waals surface area contributed by atoms with Gasteiger partial charge in [0.1, 0.15) is 0 Å². The summed E-state index contributed by atoms with van der Waals surface area (Å²) in [6.45, 7) is 7.48. The minimum absolute atomic E-state index is 0.304. The Morgan fingerprint density at radius 3 is 2.76 bits per heavy atom. The summed E-state index contributed by atoms with van der Waals surface area (Å²) in [6.07, 6.45) is 5.89. The SMILES string of the molecule is CN(CCc1cccnc1)CC(C)(C)CCN. The Morgan fingerprint density at radius 1 is 1.41 bits per heavy atom. The quantitative estimate of drug-likeness (QED) is 0.785. The predicted octanol–water partition coefficient (Wildman–Crippen LogP) is 1.93. The van der Waals surface area contributed by atoms with Crippen molar-refractivity contribution >= 4 is 0 Å². The first-order valence-electron chi connectivity index (χ1n) is 6.31. The number of hydrogen-bond acceptors (Lipinski definition) is 3. The molecule has 1 heterocycles. The van der Waals surface area contributed by atoms with Crippen LogP contribution in [0.3, 0.4) is 0 Å². The van der Waals surface area contributed by atoms with Crippen molar-refractivity contribution in [3.63, 3.8) is 0 Å². The molecule has 3 nitrogen and oxygen atoms in total. The van der Waals surface area contributed by atoms with Crippen LogP contribution in [-0.2, 0) is 6.42 Å². The summed E-state index contributed by atoms with van der Waals surface area (Å²) >= 11 is 0. The lowest BCUT2D eigenvalue weighted by Crippen LogP contribution is -2.34. The maximum atomic E-state index is 5.63. The van der Waals surface area contributed by atoms with Gasteiger partial charge >= 0.3 is 0 Å². The molecule has 0 aliphatic rings. The zero-order valence-electron chi connectivity index (χ0n) is 11.3. The van der Waals surface area contributed by atoms with E-state index in [1.165, 1.54) is 5.56 Å². The summed E-state index contributed by atoms with van der Waals surface area (Å²) in [4.78, 5) is 6.51. The minimum Gasteiger partial charge on any atom is -0.330 e. The van der Waals surface area contributed by atoms with Gasteiger partial charge in [-0.1, -0.05) is 19.9 Å². The fourth-order valence-corrected chi connectivity index (χ4v) is 2.15. The van der Waals surface area contributed by atoms with Crippen LogP contribution in [0.2, 0.25) is 0 Å². The van der Waals surface area contributed by atoms with Crippen LogP contribution < -0.4 is 5.73 Å². The van der Waals surface area contributed by atoms with E-state index in [0.29, 0.717) is 5.41 Å². The van der Waals surface area contributed by atoms with Gasteiger partial charge in [-0.2, -0.15) is 0 Å². The lowest BCUT2D eigenvalue weighted by Gasteiger charge is -2.30. The molecule has 0 atom stereocenters. The van der Waals surface area contributed by atoms with Gasteiger partial charge in [0.05, 0.1) is 0 Å². The number of hydrogen-bond donors (Lipinski definition) is 1. The Labute approximate surface area is 105 Å². The second-order valence-electron chi connectivity index (χ2n) is 5.55. The van der Waals surface area contributed by atoms with E-state index in [0.717, 1.165) is 32.5 Å². The van der Waals surface area contributed by atoms with E-state index >= 15 is 0 Å². The van der Waals surface area contributed by atoms with Crippen molar-refractivity contribution in [2.24, 2.45) is 11.1 Å². The molecule has 0 aliphatic carbocycles. The summed E-state index contributed by atoms with van der Waals surface area (Å²) in [5, 5.41) is 0. The van der Waals surface area contributed by atoms with E-state index in [-0.39, 0.29) is 0 Å². The molecule has 0 spiro atoms. The van der Waals surface area contributed by atoms with Crippen molar-refractivity contribution in [2.45, 2.75) is 26.7 Å². The van der Waals surface area contributed by atoms with Crippen LogP contribution in [0.5, 0.6) is 0 Å². The smallest absolute Gasteiger partial charge is 0.0300 e. The summed E-state index contributed by atoms with van der Waals surface area (Å²) in [5.41, 5.74) is 7.23. The van der Waals surface area contributed by atoms with Crippen LogP contribution in [0.1, 0.15) is 25.8 Å². The Kier molecular flexibility index (Phi) is 5.59. The monoisotopic (exact) mass is 235 g/mol. The molecule has 96 valence electrons. The van der Waals surface area contributed by atoms with Crippen LogP contribution in [0, 0.1) is 5.41 Å². The predicted molar refractivity (Wildman–Crippen MR) is 72.9 cm³/mol. The van der Waals surface area contributed by atoms with E-state index in [1.807, 2.05) is 18.5 Å². The molecule has 0 fully saturated rings. The molecule has 0 bridgehead atoms. The maximum absolute atomic E-state index is 5.63. The highest BCUT2D eigenvalue weighted by atomic mass is 15.1. The molecule has 2 N–H and O–H groups in total. The minimum atomic E-state index is 0.304. The van der Waals surface area contributed by atoms with E-state index in [4.69, 9.17) is 5.73 Å². The third-order valence-electron chi connectivity index (χ3n) is 3.02. The third-order valence-corrected chi connectivity index (χ3v) is 3.02. The van der Waals surface area contributed by atoms with E-state index in [9.17, 15) is 0 Å². The van der Waals surface area contributed by atoms with Crippen LogP contribution >= 0.6 is 0 Å². The van der Waals surface area contributed by atoms with Crippen LogP contribution in [0.4, 0.5) is 0 Å². The van der Waals surface area contributed by atoms with Gasteiger partial charge in [0.25, 0.3) is 0 Å². The van der Waals surface area contributed by atoms with Gasteiger partial charge in [0.2, 0.25) is 0 Å². The number of aromatic nitrogens is 1. The average molecular weight is 235 g/mol. The molecular formula is C14H25N3. The molecule has 0 aliphatic heterocycles. The van der Waals surface area contributed by atoms with Gasteiger partial charge in [-0.15, -0.1) is 0 Å². The second-order valence-corrected chi connectivity index (χ2v) is 5.55. The fourth-order valence-electron chi connectivity index (χ4n) is 2.15. The van der Waals surface area contributed by atoms with Crippen LogP contribution in [0.15, 0.2) is 24.5 Å². The summed E-state index contributed by atoms with van der Waals surface area (Å²) in [6, 6.07) is 4.12. The molecule has 1 rings (SSSR count). The molecule has 3 heteroatoms. The van der Waals surface area contributed by atoms with Gasteiger partial charge in [0, 0.05) is 25.5 Å².